The molecule has 2 aliphatic rings. The Morgan fingerprint density at radius 3 is 2.64 bits per heavy atom. The molecule has 172 valence electrons. The molecule has 0 spiro atoms. The molecule has 1 saturated heterocycles. The number of nitrogens with one attached hydrogen (secondary N) is 1. The van der Waals surface area contributed by atoms with Crippen LogP contribution in [0.2, 0.25) is 5.02 Å². The van der Waals surface area contributed by atoms with E-state index in [1.54, 1.807) is 4.52 Å². The van der Waals surface area contributed by atoms with Gasteiger partial charge in [-0.2, -0.15) is 4.52 Å². The second-order valence-corrected chi connectivity index (χ2v) is 9.34. The number of allylic oxidation sites excluding steroid dienone is 1. The smallest absolute Gasteiger partial charge is 0.223 e. The summed E-state index contributed by atoms with van der Waals surface area (Å²) in [5.41, 5.74) is 3.12. The maximum Gasteiger partial charge on any atom is 0.223 e. The van der Waals surface area contributed by atoms with E-state index in [1.165, 1.54) is 31.3 Å². The van der Waals surface area contributed by atoms with E-state index in [1.807, 2.05) is 36.4 Å². The fourth-order valence-electron chi connectivity index (χ4n) is 4.72. The van der Waals surface area contributed by atoms with E-state index in [9.17, 15) is 4.79 Å². The van der Waals surface area contributed by atoms with Gasteiger partial charge in [0.25, 0.3) is 0 Å². The summed E-state index contributed by atoms with van der Waals surface area (Å²) in [6.07, 6.45) is 9.98. The topological polar surface area (TPSA) is 75.4 Å². The first-order valence-corrected chi connectivity index (χ1v) is 12.2. The van der Waals surface area contributed by atoms with Crippen LogP contribution in [0.25, 0.3) is 17.0 Å². The van der Waals surface area contributed by atoms with Crippen molar-refractivity contribution in [1.82, 2.24) is 25.1 Å². The van der Waals surface area contributed by atoms with E-state index in [2.05, 4.69) is 26.5 Å². The number of amides is 1. The zero-order valence-corrected chi connectivity index (χ0v) is 19.5. The normalized spacial score (nSPS) is 17.2. The van der Waals surface area contributed by atoms with Crippen molar-refractivity contribution in [2.45, 2.75) is 44.9 Å². The lowest BCUT2D eigenvalue weighted by atomic mass is 9.95. The van der Waals surface area contributed by atoms with Crippen molar-refractivity contribution in [1.29, 1.82) is 0 Å². The first-order valence-electron chi connectivity index (χ1n) is 11.9. The lowest BCUT2D eigenvalue weighted by Crippen LogP contribution is -2.41. The molecule has 1 fully saturated rings. The Labute approximate surface area is 198 Å². The Kier molecular flexibility index (Phi) is 6.58. The van der Waals surface area contributed by atoms with Crippen LogP contribution in [0.15, 0.2) is 48.0 Å². The monoisotopic (exact) mass is 464 g/mol. The summed E-state index contributed by atoms with van der Waals surface area (Å²) in [5.74, 6) is 1.83. The number of nitrogens with zero attached hydrogens (tertiary/aromatic N) is 5. The standard InChI is InChI=1S/C25H29ClN6O/c26-21-8-6-19(7-9-21)24-29-28-22-10-11-23(30-32(22)24)31-16-13-20(14-17-31)25(33)27-15-12-18-4-2-1-3-5-18/h4,6-11,20H,1-3,5,12-17H2,(H,27,33). The summed E-state index contributed by atoms with van der Waals surface area (Å²) < 4.78 is 1.78. The van der Waals surface area contributed by atoms with Gasteiger partial charge >= 0.3 is 0 Å². The van der Waals surface area contributed by atoms with Crippen LogP contribution in [0.4, 0.5) is 5.82 Å². The molecule has 2 aromatic heterocycles. The van der Waals surface area contributed by atoms with Gasteiger partial charge < -0.3 is 10.2 Å². The highest BCUT2D eigenvalue weighted by Gasteiger charge is 2.26. The maximum absolute atomic E-state index is 12.7. The van der Waals surface area contributed by atoms with Gasteiger partial charge in [0.15, 0.2) is 11.5 Å². The van der Waals surface area contributed by atoms with Crippen LogP contribution in [0.1, 0.15) is 44.9 Å². The second-order valence-electron chi connectivity index (χ2n) is 8.90. The lowest BCUT2D eigenvalue weighted by molar-refractivity contribution is -0.125. The summed E-state index contributed by atoms with van der Waals surface area (Å²) in [7, 11) is 0. The van der Waals surface area contributed by atoms with Crippen molar-refractivity contribution >= 4 is 29.0 Å². The fourth-order valence-corrected chi connectivity index (χ4v) is 4.85. The minimum absolute atomic E-state index is 0.0739. The summed E-state index contributed by atoms with van der Waals surface area (Å²) >= 11 is 6.02. The molecule has 8 heteroatoms. The molecule has 1 N–H and O–H groups in total. The van der Waals surface area contributed by atoms with E-state index in [-0.39, 0.29) is 11.8 Å². The molecule has 0 radical (unpaired) electrons. The molecule has 5 rings (SSSR count). The Bertz CT molecular complexity index is 1150. The lowest BCUT2D eigenvalue weighted by Gasteiger charge is -2.32. The molecular formula is C25H29ClN6O. The predicted octanol–water partition coefficient (Wildman–Crippen LogP) is 4.67. The van der Waals surface area contributed by atoms with Crippen LogP contribution in [-0.4, -0.2) is 45.4 Å². The van der Waals surface area contributed by atoms with E-state index in [4.69, 9.17) is 16.7 Å². The fraction of sp³-hybridized carbons (Fsp3) is 0.440. The average molecular weight is 465 g/mol. The Hall–Kier alpha value is -2.93. The van der Waals surface area contributed by atoms with Crippen molar-refractivity contribution < 1.29 is 4.79 Å². The molecule has 0 atom stereocenters. The molecule has 0 saturated carbocycles. The summed E-state index contributed by atoms with van der Waals surface area (Å²) in [6, 6.07) is 11.4. The highest BCUT2D eigenvalue weighted by Crippen LogP contribution is 2.25. The largest absolute Gasteiger partial charge is 0.356 e. The molecule has 7 nitrogen and oxygen atoms in total. The van der Waals surface area contributed by atoms with Crippen LogP contribution in [0, 0.1) is 5.92 Å². The third-order valence-electron chi connectivity index (χ3n) is 6.67. The average Bonchev–Trinajstić information content (AvgIpc) is 3.28. The van der Waals surface area contributed by atoms with Crippen LogP contribution in [0.3, 0.4) is 0 Å². The van der Waals surface area contributed by atoms with Crippen LogP contribution in [-0.2, 0) is 4.79 Å². The van der Waals surface area contributed by atoms with Gasteiger partial charge in [-0.25, -0.2) is 0 Å². The highest BCUT2D eigenvalue weighted by molar-refractivity contribution is 6.30. The number of fused-ring (bicyclic) bond motifs is 1. The molecular weight excluding hydrogens is 436 g/mol. The van der Waals surface area contributed by atoms with Gasteiger partial charge in [0.2, 0.25) is 5.91 Å². The van der Waals surface area contributed by atoms with Crippen LogP contribution >= 0.6 is 11.6 Å². The number of aromatic nitrogens is 4. The summed E-state index contributed by atoms with van der Waals surface area (Å²) in [6.45, 7) is 2.37. The third-order valence-corrected chi connectivity index (χ3v) is 6.92. The highest BCUT2D eigenvalue weighted by atomic mass is 35.5. The SMILES string of the molecule is O=C(NCCC1=CCCCC1)C1CCN(c2ccc3nnc(-c4ccc(Cl)cc4)n3n2)CC1. The number of carbonyl (C=O) groups excluding carboxylic acids is 1. The molecule has 1 aliphatic carbocycles. The molecule has 33 heavy (non-hydrogen) atoms. The van der Waals surface area contributed by atoms with Gasteiger partial charge in [-0.3, -0.25) is 4.79 Å². The van der Waals surface area contributed by atoms with Gasteiger partial charge in [0, 0.05) is 36.1 Å². The number of halogens is 1. The first kappa shape index (κ1) is 21.9. The molecule has 3 aromatic rings. The van der Waals surface area contributed by atoms with Crippen LogP contribution in [0.5, 0.6) is 0 Å². The van der Waals surface area contributed by atoms with Crippen molar-refractivity contribution in [2.24, 2.45) is 5.92 Å². The Morgan fingerprint density at radius 2 is 1.88 bits per heavy atom. The van der Waals surface area contributed by atoms with Gasteiger partial charge in [0.05, 0.1) is 0 Å². The van der Waals surface area contributed by atoms with Gasteiger partial charge in [-0.15, -0.1) is 15.3 Å². The zero-order chi connectivity index (χ0) is 22.6. The van der Waals surface area contributed by atoms with E-state index < -0.39 is 0 Å². The number of rotatable bonds is 6. The molecule has 0 unspecified atom stereocenters. The first-order chi connectivity index (χ1) is 16.2. The van der Waals surface area contributed by atoms with Crippen molar-refractivity contribution in [3.05, 3.63) is 53.1 Å². The minimum atomic E-state index is 0.0739. The Morgan fingerprint density at radius 1 is 1.06 bits per heavy atom. The molecule has 3 heterocycles. The second kappa shape index (κ2) is 9.91. The number of piperidine rings is 1. The molecule has 1 amide bonds. The quantitative estimate of drug-likeness (QED) is 0.536. The van der Waals surface area contributed by atoms with Crippen molar-refractivity contribution in [3.63, 3.8) is 0 Å². The van der Waals surface area contributed by atoms with Crippen LogP contribution < -0.4 is 10.2 Å². The van der Waals surface area contributed by atoms with Crippen molar-refractivity contribution in [2.75, 3.05) is 24.5 Å². The van der Waals surface area contributed by atoms with Gasteiger partial charge in [-0.05, 0) is 81.3 Å². The maximum atomic E-state index is 12.7. The number of anilines is 1. The third kappa shape index (κ3) is 5.03. The number of benzene rings is 1. The van der Waals surface area contributed by atoms with E-state index >= 15 is 0 Å². The summed E-state index contributed by atoms with van der Waals surface area (Å²) in [4.78, 5) is 14.9. The molecule has 0 bridgehead atoms. The van der Waals surface area contributed by atoms with E-state index in [0.717, 1.165) is 50.3 Å². The van der Waals surface area contributed by atoms with E-state index in [0.29, 0.717) is 16.5 Å². The molecule has 1 aromatic carbocycles. The van der Waals surface area contributed by atoms with Gasteiger partial charge in [0.1, 0.15) is 5.82 Å². The summed E-state index contributed by atoms with van der Waals surface area (Å²) in [5, 5.41) is 17.2. The van der Waals surface area contributed by atoms with Crippen molar-refractivity contribution in [3.8, 4) is 11.4 Å². The van der Waals surface area contributed by atoms with Gasteiger partial charge in [-0.1, -0.05) is 23.3 Å². The molecule has 1 aliphatic heterocycles. The number of hydrogen-bond acceptors (Lipinski definition) is 5. The zero-order valence-electron chi connectivity index (χ0n) is 18.7. The number of carbonyl (C=O) groups is 1. The predicted molar refractivity (Wildman–Crippen MR) is 130 cm³/mol. The minimum Gasteiger partial charge on any atom is -0.356 e. The Balaban J connectivity index is 1.19. The number of hydrogen-bond donors (Lipinski definition) is 1.